The predicted molar refractivity (Wildman–Crippen MR) is 125 cm³/mol. The first kappa shape index (κ1) is 23.7. The molecule has 0 aliphatic heterocycles. The molecule has 0 atom stereocenters. The third-order valence-corrected chi connectivity index (χ3v) is 6.36. The van der Waals surface area contributed by atoms with E-state index in [0.717, 1.165) is 42.6 Å². The fourth-order valence-corrected chi connectivity index (χ4v) is 4.68. The molecule has 2 aromatic heterocycles. The van der Waals surface area contributed by atoms with E-state index in [4.69, 9.17) is 4.74 Å². The molecule has 2 N–H and O–H groups in total. The average Bonchev–Trinajstić information content (AvgIpc) is 3.46. The number of esters is 1. The Balaban J connectivity index is 1.32. The largest absolute Gasteiger partial charge is 0.452 e. The van der Waals surface area contributed by atoms with Gasteiger partial charge in [0.25, 0.3) is 11.7 Å². The molecule has 1 aliphatic rings. The molecule has 0 radical (unpaired) electrons. The summed E-state index contributed by atoms with van der Waals surface area (Å²) >= 11 is 1.37. The lowest BCUT2D eigenvalue weighted by atomic mass is 10.1. The second-order valence-corrected chi connectivity index (χ2v) is 9.11. The van der Waals surface area contributed by atoms with Crippen molar-refractivity contribution in [2.24, 2.45) is 0 Å². The number of urea groups is 1. The SMILES string of the molecule is Cc1cc(C)n2nc(SCc3ccccc3C(=O)OCC(=O)NC(=O)NC3CCCC3)nc2n1. The number of carbonyl (C=O) groups excluding carboxylic acids is 3. The Morgan fingerprint density at radius 3 is 2.71 bits per heavy atom. The number of nitrogens with one attached hydrogen (secondary N) is 2. The number of amides is 3. The zero-order valence-corrected chi connectivity index (χ0v) is 19.9. The number of aromatic nitrogens is 4. The number of ether oxygens (including phenoxy) is 1. The minimum atomic E-state index is -0.678. The van der Waals surface area contributed by atoms with E-state index in [1.165, 1.54) is 11.8 Å². The van der Waals surface area contributed by atoms with Crippen LogP contribution in [0.25, 0.3) is 5.78 Å². The molecular formula is C23H26N6O4S. The van der Waals surface area contributed by atoms with Crippen molar-refractivity contribution in [1.82, 2.24) is 30.2 Å². The van der Waals surface area contributed by atoms with E-state index in [0.29, 0.717) is 22.3 Å². The number of imide groups is 1. The van der Waals surface area contributed by atoms with Crippen LogP contribution in [0.15, 0.2) is 35.5 Å². The van der Waals surface area contributed by atoms with Crippen molar-refractivity contribution in [2.75, 3.05) is 6.61 Å². The van der Waals surface area contributed by atoms with Gasteiger partial charge in [-0.2, -0.15) is 4.98 Å². The second kappa shape index (κ2) is 10.6. The summed E-state index contributed by atoms with van der Waals surface area (Å²) in [6, 6.07) is 8.43. The third-order valence-electron chi connectivity index (χ3n) is 5.47. The van der Waals surface area contributed by atoms with Gasteiger partial charge in [-0.05, 0) is 44.4 Å². The van der Waals surface area contributed by atoms with Crippen LogP contribution >= 0.6 is 11.8 Å². The van der Waals surface area contributed by atoms with Gasteiger partial charge in [0.15, 0.2) is 6.61 Å². The van der Waals surface area contributed by atoms with Crippen LogP contribution in [0.3, 0.4) is 0 Å². The average molecular weight is 483 g/mol. The molecular weight excluding hydrogens is 456 g/mol. The van der Waals surface area contributed by atoms with Gasteiger partial charge in [-0.1, -0.05) is 42.8 Å². The molecule has 34 heavy (non-hydrogen) atoms. The summed E-state index contributed by atoms with van der Waals surface area (Å²) in [6.07, 6.45) is 3.95. The maximum atomic E-state index is 12.6. The fraction of sp³-hybridized carbons (Fsp3) is 0.391. The Bertz CT molecular complexity index is 1220. The maximum Gasteiger partial charge on any atom is 0.338 e. The number of thioether (sulfide) groups is 1. The molecule has 4 rings (SSSR count). The van der Waals surface area contributed by atoms with Gasteiger partial charge in [0.05, 0.1) is 5.56 Å². The Hall–Kier alpha value is -3.47. The van der Waals surface area contributed by atoms with Crippen molar-refractivity contribution in [3.05, 3.63) is 52.8 Å². The van der Waals surface area contributed by atoms with Crippen molar-refractivity contribution >= 4 is 35.4 Å². The molecule has 2 heterocycles. The third kappa shape index (κ3) is 5.90. The van der Waals surface area contributed by atoms with Gasteiger partial charge < -0.3 is 10.1 Å². The molecule has 3 aromatic rings. The number of hydrogen-bond donors (Lipinski definition) is 2. The summed E-state index contributed by atoms with van der Waals surface area (Å²) in [5.41, 5.74) is 2.85. The first-order chi connectivity index (χ1) is 16.4. The van der Waals surface area contributed by atoms with Gasteiger partial charge >= 0.3 is 12.0 Å². The normalized spacial score (nSPS) is 13.7. The quantitative estimate of drug-likeness (QED) is 0.389. The van der Waals surface area contributed by atoms with Crippen molar-refractivity contribution in [3.63, 3.8) is 0 Å². The molecule has 0 bridgehead atoms. The summed E-state index contributed by atoms with van der Waals surface area (Å²) in [6.45, 7) is 3.29. The number of hydrogen-bond acceptors (Lipinski definition) is 8. The van der Waals surface area contributed by atoms with Crippen LogP contribution in [0.2, 0.25) is 0 Å². The highest BCUT2D eigenvalue weighted by Gasteiger charge is 2.20. The maximum absolute atomic E-state index is 12.6. The van der Waals surface area contributed by atoms with Crippen LogP contribution in [0.4, 0.5) is 4.79 Å². The first-order valence-corrected chi connectivity index (χ1v) is 12.1. The molecule has 10 nitrogen and oxygen atoms in total. The number of aryl methyl sites for hydroxylation is 2. The van der Waals surface area contributed by atoms with Crippen LogP contribution in [0.5, 0.6) is 0 Å². The Kier molecular flexibility index (Phi) is 7.41. The van der Waals surface area contributed by atoms with Crippen molar-refractivity contribution in [1.29, 1.82) is 0 Å². The standard InChI is InChI=1S/C23H26N6O4S/c1-14-11-15(2)29-21(24-14)27-23(28-29)34-13-16-7-3-6-10-18(16)20(31)33-12-19(30)26-22(32)25-17-8-4-5-9-17/h3,6-7,10-11,17H,4-5,8-9,12-13H2,1-2H3,(H2,25,26,30,32). The zero-order chi connectivity index (χ0) is 24.1. The topological polar surface area (TPSA) is 128 Å². The summed E-state index contributed by atoms with van der Waals surface area (Å²) < 4.78 is 6.82. The van der Waals surface area contributed by atoms with Crippen molar-refractivity contribution < 1.29 is 19.1 Å². The molecule has 1 fully saturated rings. The van der Waals surface area contributed by atoms with Gasteiger partial charge in [0, 0.05) is 23.2 Å². The van der Waals surface area contributed by atoms with Gasteiger partial charge in [0.1, 0.15) is 0 Å². The van der Waals surface area contributed by atoms with E-state index in [-0.39, 0.29) is 6.04 Å². The smallest absolute Gasteiger partial charge is 0.338 e. The molecule has 0 unspecified atom stereocenters. The number of benzene rings is 1. The van der Waals surface area contributed by atoms with Gasteiger partial charge in [-0.15, -0.1) is 5.10 Å². The Morgan fingerprint density at radius 2 is 1.91 bits per heavy atom. The van der Waals surface area contributed by atoms with Crippen LogP contribution in [-0.2, 0) is 15.3 Å². The molecule has 1 aromatic carbocycles. The van der Waals surface area contributed by atoms with Crippen LogP contribution < -0.4 is 10.6 Å². The van der Waals surface area contributed by atoms with Gasteiger partial charge in [0.2, 0.25) is 5.16 Å². The first-order valence-electron chi connectivity index (χ1n) is 11.1. The van der Waals surface area contributed by atoms with Gasteiger partial charge in [-0.25, -0.2) is 19.1 Å². The molecule has 0 spiro atoms. The molecule has 0 saturated heterocycles. The lowest BCUT2D eigenvalue weighted by molar-refractivity contribution is -0.123. The highest BCUT2D eigenvalue weighted by atomic mass is 32.2. The number of carbonyl (C=O) groups is 3. The van der Waals surface area contributed by atoms with E-state index < -0.39 is 24.5 Å². The number of nitrogens with zero attached hydrogens (tertiary/aromatic N) is 4. The zero-order valence-electron chi connectivity index (χ0n) is 19.0. The van der Waals surface area contributed by atoms with Crippen LogP contribution in [0, 0.1) is 13.8 Å². The van der Waals surface area contributed by atoms with E-state index in [1.54, 1.807) is 16.6 Å². The van der Waals surface area contributed by atoms with E-state index in [2.05, 4.69) is 25.7 Å². The highest BCUT2D eigenvalue weighted by molar-refractivity contribution is 7.98. The summed E-state index contributed by atoms with van der Waals surface area (Å²) in [4.78, 5) is 45.4. The fourth-order valence-electron chi connectivity index (χ4n) is 3.86. The van der Waals surface area contributed by atoms with Crippen LogP contribution in [-0.4, -0.2) is 50.1 Å². The van der Waals surface area contributed by atoms with E-state index in [9.17, 15) is 14.4 Å². The minimum Gasteiger partial charge on any atom is -0.452 e. The lowest BCUT2D eigenvalue weighted by Gasteiger charge is -2.12. The van der Waals surface area contributed by atoms with Crippen molar-refractivity contribution in [3.8, 4) is 0 Å². The highest BCUT2D eigenvalue weighted by Crippen LogP contribution is 2.23. The molecule has 1 aliphatic carbocycles. The number of rotatable bonds is 7. The molecule has 178 valence electrons. The molecule has 3 amide bonds. The molecule has 1 saturated carbocycles. The van der Waals surface area contributed by atoms with Crippen LogP contribution in [0.1, 0.15) is 53.0 Å². The monoisotopic (exact) mass is 482 g/mol. The predicted octanol–water partition coefficient (Wildman–Crippen LogP) is 2.96. The summed E-state index contributed by atoms with van der Waals surface area (Å²) in [5.74, 6) is -0.368. The lowest BCUT2D eigenvalue weighted by Crippen LogP contribution is -2.45. The number of fused-ring (bicyclic) bond motifs is 1. The van der Waals surface area contributed by atoms with E-state index in [1.807, 2.05) is 32.0 Å². The Morgan fingerprint density at radius 1 is 1.15 bits per heavy atom. The van der Waals surface area contributed by atoms with E-state index >= 15 is 0 Å². The van der Waals surface area contributed by atoms with Gasteiger partial charge in [-0.3, -0.25) is 10.1 Å². The molecule has 11 heteroatoms. The minimum absolute atomic E-state index is 0.0887. The second-order valence-electron chi connectivity index (χ2n) is 8.17. The Labute approximate surface area is 200 Å². The summed E-state index contributed by atoms with van der Waals surface area (Å²) in [5, 5.41) is 9.96. The summed E-state index contributed by atoms with van der Waals surface area (Å²) in [7, 11) is 0. The van der Waals surface area contributed by atoms with Crippen molar-refractivity contribution in [2.45, 2.75) is 56.5 Å².